The largest absolute Gasteiger partial charge is 0.480 e. The molecule has 1 saturated heterocycles. The minimum atomic E-state index is -10.0. The highest BCUT2D eigenvalue weighted by Gasteiger charge is 3.00. The van der Waals surface area contributed by atoms with Crippen LogP contribution in [-0.4, -0.2) is 317 Å². The Morgan fingerprint density at radius 2 is 0.656 bits per heavy atom. The van der Waals surface area contributed by atoms with Crippen molar-refractivity contribution in [2.75, 3.05) is 159 Å². The number of rotatable bonds is 37. The second kappa shape index (κ2) is 31.4. The number of amides is 2. The molecule has 1 unspecified atom stereocenters. The number of hydrogen-bond acceptors (Lipinski definition) is 14. The fraction of sp³-hybridized carbons (Fsp3) is 0.886. The van der Waals surface area contributed by atoms with Crippen molar-refractivity contribution in [2.24, 2.45) is 0 Å². The van der Waals surface area contributed by atoms with Crippen LogP contribution in [0.1, 0.15) is 6.92 Å². The highest BCUT2D eigenvalue weighted by atomic mass is 19.4. The van der Waals surface area contributed by atoms with Crippen LogP contribution < -0.4 is 0 Å². The Balaban J connectivity index is 3.91. The second-order valence-corrected chi connectivity index (χ2v) is 19.3. The third kappa shape index (κ3) is 17.9. The minimum Gasteiger partial charge on any atom is -0.480 e. The molecular formula is C44H57F27N6O13. The molecule has 2 amide bonds. The Morgan fingerprint density at radius 3 is 0.933 bits per heavy atom. The maximum absolute atomic E-state index is 16.1. The highest BCUT2D eigenvalue weighted by Crippen LogP contribution is 2.68. The topological polar surface area (TPSA) is 212 Å². The average Bonchev–Trinajstić information content (AvgIpc) is 0.688. The molecule has 530 valence electrons. The number of carbonyl (C=O) groups is 5. The first-order valence-corrected chi connectivity index (χ1v) is 25.1. The summed E-state index contributed by atoms with van der Waals surface area (Å²) in [4.78, 5) is 64.7. The molecule has 1 fully saturated rings. The fourth-order valence-electron chi connectivity index (χ4n) is 7.62. The zero-order valence-corrected chi connectivity index (χ0v) is 46.4. The molecule has 0 aliphatic carbocycles. The van der Waals surface area contributed by atoms with Gasteiger partial charge in [-0.05, 0) is 6.92 Å². The van der Waals surface area contributed by atoms with E-state index in [1.54, 1.807) is 0 Å². The number of carbonyl (C=O) groups excluding carboxylic acids is 2. The Hall–Kier alpha value is -4.90. The van der Waals surface area contributed by atoms with Gasteiger partial charge in [-0.2, -0.15) is 119 Å². The summed E-state index contributed by atoms with van der Waals surface area (Å²) < 4.78 is 413. The number of methoxy groups -OCH3 is 1. The van der Waals surface area contributed by atoms with E-state index in [0.717, 1.165) is 21.6 Å². The number of carboxylic acids is 3. The summed E-state index contributed by atoms with van der Waals surface area (Å²) in [5.41, 5.74) is 0. The Labute approximate surface area is 489 Å². The molecule has 1 atom stereocenters. The number of carboxylic acid groups (broad SMARTS) is 3. The molecule has 1 aliphatic heterocycles. The van der Waals surface area contributed by atoms with Crippen LogP contribution in [0.3, 0.4) is 0 Å². The van der Waals surface area contributed by atoms with Gasteiger partial charge in [0, 0.05) is 73.1 Å². The van der Waals surface area contributed by atoms with Crippen molar-refractivity contribution in [1.29, 1.82) is 0 Å². The molecule has 0 aromatic carbocycles. The molecule has 1 heterocycles. The van der Waals surface area contributed by atoms with Crippen LogP contribution in [0.5, 0.6) is 0 Å². The quantitative estimate of drug-likeness (QED) is 0.0370. The molecule has 3 N–H and O–H groups in total. The highest BCUT2D eigenvalue weighted by molar-refractivity contribution is 5.87. The molecule has 0 aromatic rings. The van der Waals surface area contributed by atoms with E-state index in [4.69, 9.17) is 23.7 Å². The van der Waals surface area contributed by atoms with Crippen molar-refractivity contribution in [3.63, 3.8) is 0 Å². The van der Waals surface area contributed by atoms with Crippen LogP contribution in [0.15, 0.2) is 0 Å². The molecular weight excluding hydrogens is 1330 g/mol. The van der Waals surface area contributed by atoms with Gasteiger partial charge in [0.15, 0.2) is 0 Å². The summed E-state index contributed by atoms with van der Waals surface area (Å²) in [6.07, 6.45) is -8.35. The molecule has 1 aliphatic rings. The van der Waals surface area contributed by atoms with Crippen molar-refractivity contribution in [3.05, 3.63) is 0 Å². The zero-order valence-electron chi connectivity index (χ0n) is 46.4. The summed E-state index contributed by atoms with van der Waals surface area (Å²) in [5.74, 6) is -114. The summed E-state index contributed by atoms with van der Waals surface area (Å²) in [5, 5.41) is 28.3. The van der Waals surface area contributed by atoms with Gasteiger partial charge in [-0.15, -0.1) is 0 Å². The van der Waals surface area contributed by atoms with Crippen molar-refractivity contribution in [1.82, 2.24) is 29.4 Å². The Bertz CT molecular complexity index is 2320. The van der Waals surface area contributed by atoms with Gasteiger partial charge in [-0.3, -0.25) is 48.5 Å². The van der Waals surface area contributed by atoms with Gasteiger partial charge in [-0.1, -0.05) is 0 Å². The average molecular weight is 1390 g/mol. The van der Waals surface area contributed by atoms with E-state index in [0.29, 0.717) is 7.05 Å². The van der Waals surface area contributed by atoms with E-state index in [2.05, 4.69) is 0 Å². The number of likely N-dealkylation sites (N-methyl/N-ethyl adjacent to an activating group) is 1. The van der Waals surface area contributed by atoms with E-state index < -0.39 is 197 Å². The first-order chi connectivity index (χ1) is 40.5. The Kier molecular flexibility index (Phi) is 29.0. The van der Waals surface area contributed by atoms with Gasteiger partial charge in [0.05, 0.1) is 91.7 Å². The molecule has 0 bridgehead atoms. The van der Waals surface area contributed by atoms with Gasteiger partial charge in [0.2, 0.25) is 11.8 Å². The van der Waals surface area contributed by atoms with Crippen molar-refractivity contribution >= 4 is 29.7 Å². The third-order valence-electron chi connectivity index (χ3n) is 12.9. The molecule has 90 heavy (non-hydrogen) atoms. The van der Waals surface area contributed by atoms with Gasteiger partial charge >= 0.3 is 95.3 Å². The van der Waals surface area contributed by atoms with Gasteiger partial charge in [0.25, 0.3) is 0 Å². The predicted octanol–water partition coefficient (Wildman–Crippen LogP) is 5.99. The van der Waals surface area contributed by atoms with Crippen LogP contribution >= 0.6 is 0 Å². The van der Waals surface area contributed by atoms with Crippen LogP contribution in [0.2, 0.25) is 0 Å². The normalized spacial score (nSPS) is 17.2. The van der Waals surface area contributed by atoms with E-state index >= 15 is 35.1 Å². The standard InChI is InChI=1S/C44H57F27N6O13/c1-26(76-10-8-74(24-29(81)82)6-4-73(23-28(79)80)5-7-75(9-11-76)25-30(83)84)31(85)72(2)22-27(78)77(12-13-87-16-17-89-20-21-90-19-18-88-15-14-86-3)44(70,71)42(65,66)40(61,62)38(57,58)36(53,54)34(49,50)32(45,46)33(47,48)35(51,52)37(55,56)39(59,60)41(63,64)43(67,68)69/h26H,4-25H2,1-3H3,(H,79,80)(H,81,82)(H,83,84). The monoisotopic (exact) mass is 1390 g/mol. The molecule has 19 nitrogen and oxygen atoms in total. The molecule has 0 saturated carbocycles. The minimum absolute atomic E-state index is 0.0209. The van der Waals surface area contributed by atoms with E-state index in [9.17, 15) is 123 Å². The Morgan fingerprint density at radius 1 is 0.400 bits per heavy atom. The first kappa shape index (κ1) is 83.1. The maximum Gasteiger partial charge on any atom is 0.460 e. The predicted molar refractivity (Wildman–Crippen MR) is 243 cm³/mol. The molecule has 1 rings (SSSR count). The first-order valence-electron chi connectivity index (χ1n) is 25.1. The van der Waals surface area contributed by atoms with E-state index in [-0.39, 0.29) is 70.7 Å². The molecule has 0 aromatic heterocycles. The van der Waals surface area contributed by atoms with Crippen LogP contribution in [0.4, 0.5) is 119 Å². The van der Waals surface area contributed by atoms with Gasteiger partial charge < -0.3 is 43.9 Å². The second-order valence-electron chi connectivity index (χ2n) is 19.3. The van der Waals surface area contributed by atoms with E-state index in [1.807, 2.05) is 0 Å². The number of aliphatic carboxylic acids is 3. The van der Waals surface area contributed by atoms with Gasteiger partial charge in [0.1, 0.15) is 0 Å². The zero-order chi connectivity index (χ0) is 70.5. The summed E-state index contributed by atoms with van der Waals surface area (Å²) in [6, 6.07) is -9.61. The van der Waals surface area contributed by atoms with Crippen molar-refractivity contribution < 1.29 is 182 Å². The maximum atomic E-state index is 16.1. The lowest BCUT2D eigenvalue weighted by Crippen LogP contribution is -2.79. The van der Waals surface area contributed by atoms with Crippen LogP contribution in [0.25, 0.3) is 0 Å². The number of hydrogen-bond donors (Lipinski definition) is 3. The lowest BCUT2D eigenvalue weighted by Gasteiger charge is -2.46. The third-order valence-corrected chi connectivity index (χ3v) is 12.9. The fourth-order valence-corrected chi connectivity index (χ4v) is 7.62. The van der Waals surface area contributed by atoms with Crippen LogP contribution in [-0.2, 0) is 47.7 Å². The summed E-state index contributed by atoms with van der Waals surface area (Å²) >= 11 is 0. The molecule has 0 radical (unpaired) electrons. The van der Waals surface area contributed by atoms with Crippen molar-refractivity contribution in [2.45, 2.75) is 90.3 Å². The van der Waals surface area contributed by atoms with Crippen molar-refractivity contribution in [3.8, 4) is 0 Å². The lowest BCUT2D eigenvalue weighted by molar-refractivity contribution is -0.486. The van der Waals surface area contributed by atoms with Crippen LogP contribution in [0, 0.1) is 0 Å². The lowest BCUT2D eigenvalue weighted by atomic mass is 9.84. The number of ether oxygens (including phenoxy) is 5. The summed E-state index contributed by atoms with van der Waals surface area (Å²) in [7, 11) is 1.75. The van der Waals surface area contributed by atoms with E-state index in [1.165, 1.54) is 12.0 Å². The van der Waals surface area contributed by atoms with Gasteiger partial charge in [-0.25, -0.2) is 0 Å². The number of alkyl halides is 27. The molecule has 46 heteroatoms. The number of halogens is 27. The summed E-state index contributed by atoms with van der Waals surface area (Å²) in [6.45, 7) is -12.4. The number of nitrogens with zero attached hydrogens (tertiary/aromatic N) is 6. The SMILES string of the molecule is COCCOCCOCCOCCOCCN(C(=O)CN(C)C(=O)C(C)N1CCN(CC(=O)O)CCN(CC(=O)O)CCN(CC(=O)O)CC1)C(F)(F)C(F)(F)C(F)(F)C(F)(F)C(F)(F)C(F)(F)C(F)(F)C(F)(F)C(F)(F)C(F)(F)C(F)(F)C(F)(F)C(F)(F)F. The molecule has 0 spiro atoms. The smallest absolute Gasteiger partial charge is 0.460 e.